The quantitative estimate of drug-likeness (QED) is 0.695. The van der Waals surface area contributed by atoms with Crippen LogP contribution in [0, 0.1) is 5.92 Å². The molecule has 0 radical (unpaired) electrons. The highest BCUT2D eigenvalue weighted by Gasteiger charge is 2.25. The summed E-state index contributed by atoms with van der Waals surface area (Å²) in [4.78, 5) is 40.3. The molecule has 2 heterocycles. The zero-order chi connectivity index (χ0) is 18.8. The van der Waals surface area contributed by atoms with E-state index in [-0.39, 0.29) is 18.0 Å². The van der Waals surface area contributed by atoms with Crippen LogP contribution in [0.2, 0.25) is 0 Å². The summed E-state index contributed by atoms with van der Waals surface area (Å²) >= 11 is 0. The van der Waals surface area contributed by atoms with Gasteiger partial charge >= 0.3 is 5.97 Å². The molecule has 26 heavy (non-hydrogen) atoms. The summed E-state index contributed by atoms with van der Waals surface area (Å²) < 4.78 is 6.67. The molecule has 2 atom stereocenters. The third kappa shape index (κ3) is 3.17. The van der Waals surface area contributed by atoms with Crippen LogP contribution in [-0.2, 0) is 16.1 Å². The Hall–Kier alpha value is -3.16. The van der Waals surface area contributed by atoms with E-state index in [4.69, 9.17) is 4.42 Å². The maximum atomic E-state index is 12.6. The molecule has 1 amide bonds. The van der Waals surface area contributed by atoms with Crippen LogP contribution in [0.4, 0.5) is 0 Å². The third-order valence-electron chi connectivity index (χ3n) is 4.46. The summed E-state index contributed by atoms with van der Waals surface area (Å²) in [6.45, 7) is 3.25. The van der Waals surface area contributed by atoms with Gasteiger partial charge < -0.3 is 14.8 Å². The number of carbonyl (C=O) groups is 2. The van der Waals surface area contributed by atoms with Gasteiger partial charge in [-0.1, -0.05) is 32.4 Å². The number of furan rings is 1. The second-order valence-corrected chi connectivity index (χ2v) is 6.22. The van der Waals surface area contributed by atoms with Gasteiger partial charge in [-0.2, -0.15) is 0 Å². The van der Waals surface area contributed by atoms with Crippen molar-refractivity contribution in [3.8, 4) is 0 Å². The van der Waals surface area contributed by atoms with Gasteiger partial charge in [-0.05, 0) is 18.1 Å². The van der Waals surface area contributed by atoms with Gasteiger partial charge in [0.15, 0.2) is 0 Å². The number of carbonyl (C=O) groups excluding carboxylic acids is 1. The molecule has 0 aliphatic carbocycles. The van der Waals surface area contributed by atoms with E-state index >= 15 is 0 Å². The molecule has 0 saturated heterocycles. The standard InChI is InChI=1S/C18H19N3O5/c1-3-10(2)14(18(24)25)20-13(22)8-21-9-19-15-11-6-4-5-7-12(11)26-16(15)17(21)23/h4-7,9-10,14H,3,8H2,1-2H3,(H,20,22)(H,24,25)/t10-,14-/m0/s1. The molecule has 136 valence electrons. The lowest BCUT2D eigenvalue weighted by Gasteiger charge is -2.20. The Labute approximate surface area is 148 Å². The summed E-state index contributed by atoms with van der Waals surface area (Å²) in [5.74, 6) is -1.91. The van der Waals surface area contributed by atoms with Crippen molar-refractivity contribution in [3.05, 3.63) is 40.9 Å². The normalized spacial score (nSPS) is 13.6. The zero-order valence-electron chi connectivity index (χ0n) is 14.4. The molecule has 1 aromatic carbocycles. The molecule has 2 aromatic heterocycles. The lowest BCUT2D eigenvalue weighted by Crippen LogP contribution is -2.46. The average molecular weight is 357 g/mol. The van der Waals surface area contributed by atoms with Gasteiger partial charge in [-0.3, -0.25) is 14.2 Å². The highest BCUT2D eigenvalue weighted by Crippen LogP contribution is 2.23. The Morgan fingerprint density at radius 1 is 1.35 bits per heavy atom. The number of para-hydroxylation sites is 1. The topological polar surface area (TPSA) is 114 Å². The van der Waals surface area contributed by atoms with E-state index in [2.05, 4.69) is 10.3 Å². The molecule has 8 nitrogen and oxygen atoms in total. The van der Waals surface area contributed by atoms with Gasteiger partial charge in [0.25, 0.3) is 5.56 Å². The van der Waals surface area contributed by atoms with Crippen molar-refractivity contribution in [2.75, 3.05) is 0 Å². The first-order chi connectivity index (χ1) is 12.4. The molecule has 0 unspecified atom stereocenters. The molecule has 3 aromatic rings. The van der Waals surface area contributed by atoms with E-state index in [1.54, 1.807) is 25.1 Å². The first kappa shape index (κ1) is 17.7. The van der Waals surface area contributed by atoms with Crippen LogP contribution < -0.4 is 10.9 Å². The fourth-order valence-electron chi connectivity index (χ4n) is 2.78. The zero-order valence-corrected chi connectivity index (χ0v) is 14.4. The van der Waals surface area contributed by atoms with Gasteiger partial charge in [0.1, 0.15) is 23.7 Å². The predicted octanol–water partition coefficient (Wildman–Crippen LogP) is 1.76. The van der Waals surface area contributed by atoms with Crippen molar-refractivity contribution < 1.29 is 19.1 Å². The number of hydrogen-bond acceptors (Lipinski definition) is 5. The Bertz CT molecular complexity index is 1040. The smallest absolute Gasteiger partial charge is 0.326 e. The fourth-order valence-corrected chi connectivity index (χ4v) is 2.78. The van der Waals surface area contributed by atoms with Crippen LogP contribution in [-0.4, -0.2) is 32.6 Å². The summed E-state index contributed by atoms with van der Waals surface area (Å²) in [6.07, 6.45) is 1.87. The van der Waals surface area contributed by atoms with Crippen molar-refractivity contribution >= 4 is 33.9 Å². The molecule has 0 spiro atoms. The van der Waals surface area contributed by atoms with Crippen LogP contribution in [0.25, 0.3) is 22.1 Å². The predicted molar refractivity (Wildman–Crippen MR) is 94.8 cm³/mol. The average Bonchev–Trinajstić information content (AvgIpc) is 3.00. The van der Waals surface area contributed by atoms with Gasteiger partial charge in [0.05, 0.1) is 6.33 Å². The number of nitrogens with one attached hydrogen (secondary N) is 1. The lowest BCUT2D eigenvalue weighted by molar-refractivity contribution is -0.143. The highest BCUT2D eigenvalue weighted by atomic mass is 16.4. The summed E-state index contributed by atoms with van der Waals surface area (Å²) in [5.41, 5.74) is 0.553. The third-order valence-corrected chi connectivity index (χ3v) is 4.46. The number of aliphatic carboxylic acids is 1. The van der Waals surface area contributed by atoms with Crippen molar-refractivity contribution in [3.63, 3.8) is 0 Å². The molecule has 0 bridgehead atoms. The number of amides is 1. The first-order valence-electron chi connectivity index (χ1n) is 8.31. The van der Waals surface area contributed by atoms with Crippen LogP contribution in [0.1, 0.15) is 20.3 Å². The number of aromatic nitrogens is 2. The maximum Gasteiger partial charge on any atom is 0.326 e. The monoisotopic (exact) mass is 357 g/mol. The van der Waals surface area contributed by atoms with E-state index in [9.17, 15) is 19.5 Å². The molecular weight excluding hydrogens is 338 g/mol. The second-order valence-electron chi connectivity index (χ2n) is 6.22. The number of benzene rings is 1. The molecule has 0 saturated carbocycles. The Balaban J connectivity index is 1.88. The minimum absolute atomic E-state index is 0.0678. The summed E-state index contributed by atoms with van der Waals surface area (Å²) in [6, 6.07) is 6.13. The van der Waals surface area contributed by atoms with Crippen LogP contribution in [0.15, 0.2) is 39.8 Å². The number of carboxylic acid groups (broad SMARTS) is 1. The minimum Gasteiger partial charge on any atom is -0.480 e. The number of nitrogens with zero attached hydrogens (tertiary/aromatic N) is 2. The maximum absolute atomic E-state index is 12.6. The highest BCUT2D eigenvalue weighted by molar-refractivity contribution is 6.01. The van der Waals surface area contributed by atoms with Gasteiger partial charge in [-0.25, -0.2) is 9.78 Å². The van der Waals surface area contributed by atoms with E-state index in [1.165, 1.54) is 6.33 Å². The fraction of sp³-hybridized carbons (Fsp3) is 0.333. The largest absolute Gasteiger partial charge is 0.480 e. The lowest BCUT2D eigenvalue weighted by atomic mass is 9.99. The van der Waals surface area contributed by atoms with Crippen molar-refractivity contribution in [2.24, 2.45) is 5.92 Å². The summed E-state index contributed by atoms with van der Waals surface area (Å²) in [7, 11) is 0. The van der Waals surface area contributed by atoms with Crippen LogP contribution in [0.3, 0.4) is 0 Å². The number of fused-ring (bicyclic) bond motifs is 3. The Kier molecular flexibility index (Phi) is 4.75. The van der Waals surface area contributed by atoms with Crippen molar-refractivity contribution in [1.82, 2.24) is 14.9 Å². The second kappa shape index (κ2) is 6.99. The van der Waals surface area contributed by atoms with Crippen molar-refractivity contribution in [2.45, 2.75) is 32.9 Å². The molecule has 0 fully saturated rings. The molecule has 2 N–H and O–H groups in total. The van der Waals surface area contributed by atoms with E-state index in [1.807, 2.05) is 13.0 Å². The van der Waals surface area contributed by atoms with E-state index in [0.29, 0.717) is 17.5 Å². The Morgan fingerprint density at radius 3 is 2.77 bits per heavy atom. The first-order valence-corrected chi connectivity index (χ1v) is 8.31. The number of carboxylic acids is 1. The van der Waals surface area contributed by atoms with Crippen LogP contribution in [0.5, 0.6) is 0 Å². The number of hydrogen-bond donors (Lipinski definition) is 2. The van der Waals surface area contributed by atoms with E-state index < -0.39 is 23.5 Å². The number of rotatable bonds is 6. The molecule has 8 heteroatoms. The SMILES string of the molecule is CC[C@H](C)[C@H](NC(=O)Cn1cnc2c(oc3ccccc32)c1=O)C(=O)O. The van der Waals surface area contributed by atoms with Gasteiger partial charge in [-0.15, -0.1) is 0 Å². The van der Waals surface area contributed by atoms with E-state index in [0.717, 1.165) is 9.95 Å². The minimum atomic E-state index is -1.11. The van der Waals surface area contributed by atoms with Gasteiger partial charge in [0.2, 0.25) is 11.5 Å². The molecule has 0 aliphatic rings. The van der Waals surface area contributed by atoms with Crippen molar-refractivity contribution in [1.29, 1.82) is 0 Å². The molecule has 0 aliphatic heterocycles. The molecule has 3 rings (SSSR count). The van der Waals surface area contributed by atoms with Crippen LogP contribution >= 0.6 is 0 Å². The summed E-state index contributed by atoms with van der Waals surface area (Å²) in [5, 5.41) is 12.4. The molecular formula is C18H19N3O5. The Morgan fingerprint density at radius 2 is 2.08 bits per heavy atom. The van der Waals surface area contributed by atoms with Gasteiger partial charge in [0, 0.05) is 5.39 Å².